The minimum Gasteiger partial charge on any atom is -0.497 e. The average Bonchev–Trinajstić information content (AvgIpc) is 2.60. The van der Waals surface area contributed by atoms with Gasteiger partial charge in [-0.3, -0.25) is 9.78 Å². The summed E-state index contributed by atoms with van der Waals surface area (Å²) in [5.74, 6) is 1.34. The maximum atomic E-state index is 11.8. The van der Waals surface area contributed by atoms with E-state index in [0.29, 0.717) is 6.54 Å². The van der Waals surface area contributed by atoms with Gasteiger partial charge in [-0.1, -0.05) is 6.07 Å². The van der Waals surface area contributed by atoms with Crippen LogP contribution in [-0.2, 0) is 4.79 Å². The van der Waals surface area contributed by atoms with Crippen molar-refractivity contribution in [3.63, 3.8) is 0 Å². The quantitative estimate of drug-likeness (QED) is 0.799. The highest BCUT2D eigenvalue weighted by atomic mass is 16.5. The van der Waals surface area contributed by atoms with Crippen molar-refractivity contribution in [2.75, 3.05) is 13.7 Å². The van der Waals surface area contributed by atoms with Gasteiger partial charge < -0.3 is 14.8 Å². The van der Waals surface area contributed by atoms with E-state index in [4.69, 9.17) is 9.47 Å². The summed E-state index contributed by atoms with van der Waals surface area (Å²) < 4.78 is 10.8. The molecule has 0 aliphatic carbocycles. The van der Waals surface area contributed by atoms with Crippen LogP contribution in [0.1, 0.15) is 12.5 Å². The molecule has 2 rings (SSSR count). The lowest BCUT2D eigenvalue weighted by molar-refractivity contribution is -0.116. The SMILES string of the molecule is COc1ccc(O[C@@H](C)CNC(=O)/C=C/c2cccnc2)cc1. The Kier molecular flexibility index (Phi) is 6.17. The lowest BCUT2D eigenvalue weighted by Gasteiger charge is -2.15. The van der Waals surface area contributed by atoms with Gasteiger partial charge in [-0.2, -0.15) is 0 Å². The molecule has 0 saturated carbocycles. The van der Waals surface area contributed by atoms with Crippen LogP contribution in [0.5, 0.6) is 11.5 Å². The number of hydrogen-bond donors (Lipinski definition) is 1. The van der Waals surface area contributed by atoms with E-state index in [1.807, 2.05) is 43.3 Å². The number of benzene rings is 1. The topological polar surface area (TPSA) is 60.5 Å². The molecule has 1 N–H and O–H groups in total. The number of carbonyl (C=O) groups is 1. The van der Waals surface area contributed by atoms with E-state index >= 15 is 0 Å². The van der Waals surface area contributed by atoms with Gasteiger partial charge in [0.15, 0.2) is 0 Å². The summed E-state index contributed by atoms with van der Waals surface area (Å²) in [5.41, 5.74) is 0.880. The van der Waals surface area contributed by atoms with Gasteiger partial charge in [0.25, 0.3) is 0 Å². The molecule has 0 aliphatic rings. The fourth-order valence-electron chi connectivity index (χ4n) is 1.88. The number of nitrogens with one attached hydrogen (secondary N) is 1. The van der Waals surface area contributed by atoms with Crippen LogP contribution in [0.3, 0.4) is 0 Å². The third-order valence-electron chi connectivity index (χ3n) is 3.07. The van der Waals surface area contributed by atoms with Gasteiger partial charge in [0.05, 0.1) is 13.7 Å². The Labute approximate surface area is 136 Å². The summed E-state index contributed by atoms with van der Waals surface area (Å²) in [4.78, 5) is 15.8. The molecule has 5 heteroatoms. The number of methoxy groups -OCH3 is 1. The van der Waals surface area contributed by atoms with Crippen molar-refractivity contribution in [3.8, 4) is 11.5 Å². The van der Waals surface area contributed by atoms with E-state index < -0.39 is 0 Å². The number of pyridine rings is 1. The molecule has 0 fully saturated rings. The fraction of sp³-hybridized carbons (Fsp3) is 0.222. The Morgan fingerprint density at radius 3 is 2.65 bits per heavy atom. The van der Waals surface area contributed by atoms with Crippen LogP contribution in [0.4, 0.5) is 0 Å². The molecule has 1 amide bonds. The first kappa shape index (κ1) is 16.5. The van der Waals surface area contributed by atoms with Gasteiger partial charge in [0, 0.05) is 18.5 Å². The maximum Gasteiger partial charge on any atom is 0.244 e. The zero-order valence-corrected chi connectivity index (χ0v) is 13.2. The number of hydrogen-bond acceptors (Lipinski definition) is 4. The molecule has 0 bridgehead atoms. The monoisotopic (exact) mass is 312 g/mol. The highest BCUT2D eigenvalue weighted by molar-refractivity contribution is 5.91. The minimum absolute atomic E-state index is 0.140. The predicted octanol–water partition coefficient (Wildman–Crippen LogP) is 2.69. The molecule has 1 heterocycles. The van der Waals surface area contributed by atoms with Crippen LogP contribution >= 0.6 is 0 Å². The first-order valence-electron chi connectivity index (χ1n) is 7.34. The third kappa shape index (κ3) is 5.82. The van der Waals surface area contributed by atoms with E-state index in [1.54, 1.807) is 25.6 Å². The first-order valence-corrected chi connectivity index (χ1v) is 7.34. The standard InChI is InChI=1S/C18H20N2O3/c1-14(23-17-8-6-16(22-2)7-9-17)12-20-18(21)10-5-15-4-3-11-19-13-15/h3-11,13-14H,12H2,1-2H3,(H,20,21)/b10-5+/t14-/m0/s1. The van der Waals surface area contributed by atoms with Crippen molar-refractivity contribution < 1.29 is 14.3 Å². The normalized spacial score (nSPS) is 11.9. The predicted molar refractivity (Wildman–Crippen MR) is 89.4 cm³/mol. The smallest absolute Gasteiger partial charge is 0.244 e. The molecule has 0 spiro atoms. The second-order valence-corrected chi connectivity index (χ2v) is 4.97. The van der Waals surface area contributed by atoms with Crippen molar-refractivity contribution in [1.82, 2.24) is 10.3 Å². The number of amides is 1. The molecule has 0 saturated heterocycles. The highest BCUT2D eigenvalue weighted by Gasteiger charge is 2.05. The molecule has 0 unspecified atom stereocenters. The zero-order valence-electron chi connectivity index (χ0n) is 13.2. The highest BCUT2D eigenvalue weighted by Crippen LogP contribution is 2.17. The first-order chi connectivity index (χ1) is 11.2. The summed E-state index contributed by atoms with van der Waals surface area (Å²) in [7, 11) is 1.62. The van der Waals surface area contributed by atoms with Crippen LogP contribution < -0.4 is 14.8 Å². The average molecular weight is 312 g/mol. The lowest BCUT2D eigenvalue weighted by atomic mass is 10.2. The van der Waals surface area contributed by atoms with E-state index in [1.165, 1.54) is 6.08 Å². The van der Waals surface area contributed by atoms with E-state index in [2.05, 4.69) is 10.3 Å². The molecular weight excluding hydrogens is 292 g/mol. The zero-order chi connectivity index (χ0) is 16.5. The van der Waals surface area contributed by atoms with E-state index in [-0.39, 0.29) is 12.0 Å². The van der Waals surface area contributed by atoms with Crippen LogP contribution in [0, 0.1) is 0 Å². The Balaban J connectivity index is 1.75. The van der Waals surface area contributed by atoms with Crippen molar-refractivity contribution in [1.29, 1.82) is 0 Å². The Morgan fingerprint density at radius 1 is 1.26 bits per heavy atom. The van der Waals surface area contributed by atoms with Crippen molar-refractivity contribution in [2.45, 2.75) is 13.0 Å². The van der Waals surface area contributed by atoms with Gasteiger partial charge in [0.2, 0.25) is 5.91 Å². The number of aromatic nitrogens is 1. The summed E-state index contributed by atoms with van der Waals surface area (Å²) in [5, 5.41) is 2.80. The van der Waals surface area contributed by atoms with Gasteiger partial charge >= 0.3 is 0 Å². The van der Waals surface area contributed by atoms with Crippen molar-refractivity contribution >= 4 is 12.0 Å². The number of rotatable bonds is 7. The van der Waals surface area contributed by atoms with E-state index in [9.17, 15) is 4.79 Å². The second kappa shape index (κ2) is 8.58. The number of carbonyl (C=O) groups excluding carboxylic acids is 1. The van der Waals surface area contributed by atoms with E-state index in [0.717, 1.165) is 17.1 Å². The molecular formula is C18H20N2O3. The molecule has 0 aliphatic heterocycles. The summed E-state index contributed by atoms with van der Waals surface area (Å²) >= 11 is 0. The molecule has 2 aromatic rings. The van der Waals surface area contributed by atoms with Crippen molar-refractivity contribution in [3.05, 3.63) is 60.4 Å². The molecule has 1 aromatic carbocycles. The van der Waals surface area contributed by atoms with Gasteiger partial charge in [0.1, 0.15) is 17.6 Å². The molecule has 120 valence electrons. The molecule has 23 heavy (non-hydrogen) atoms. The molecule has 1 atom stereocenters. The summed E-state index contributed by atoms with van der Waals surface area (Å²) in [6, 6.07) is 11.0. The van der Waals surface area contributed by atoms with Crippen LogP contribution in [0.2, 0.25) is 0 Å². The van der Waals surface area contributed by atoms with Gasteiger partial charge in [-0.25, -0.2) is 0 Å². The van der Waals surface area contributed by atoms with Crippen LogP contribution in [-0.4, -0.2) is 30.6 Å². The Bertz CT molecular complexity index is 639. The van der Waals surface area contributed by atoms with Gasteiger partial charge in [-0.15, -0.1) is 0 Å². The summed E-state index contributed by atoms with van der Waals surface area (Å²) in [6.45, 7) is 2.32. The minimum atomic E-state index is -0.168. The Morgan fingerprint density at radius 2 is 2.00 bits per heavy atom. The van der Waals surface area contributed by atoms with Crippen LogP contribution in [0.25, 0.3) is 6.08 Å². The maximum absolute atomic E-state index is 11.8. The summed E-state index contributed by atoms with van der Waals surface area (Å²) in [6.07, 6.45) is 6.45. The fourth-order valence-corrected chi connectivity index (χ4v) is 1.88. The third-order valence-corrected chi connectivity index (χ3v) is 3.07. The number of nitrogens with zero attached hydrogens (tertiary/aromatic N) is 1. The molecule has 0 radical (unpaired) electrons. The van der Waals surface area contributed by atoms with Crippen molar-refractivity contribution in [2.24, 2.45) is 0 Å². The second-order valence-electron chi connectivity index (χ2n) is 4.97. The van der Waals surface area contributed by atoms with Crippen LogP contribution in [0.15, 0.2) is 54.9 Å². The molecule has 1 aromatic heterocycles. The molecule has 5 nitrogen and oxygen atoms in total. The van der Waals surface area contributed by atoms with Gasteiger partial charge in [-0.05, 0) is 48.9 Å². The lowest BCUT2D eigenvalue weighted by Crippen LogP contribution is -2.32. The Hall–Kier alpha value is -2.82. The number of ether oxygens (including phenoxy) is 2. The largest absolute Gasteiger partial charge is 0.497 e.